The maximum Gasteiger partial charge on any atom is 0.261 e. The van der Waals surface area contributed by atoms with Crippen molar-refractivity contribution in [1.29, 1.82) is 0 Å². The highest BCUT2D eigenvalue weighted by Gasteiger charge is 2.55. The van der Waals surface area contributed by atoms with Crippen molar-refractivity contribution in [2.45, 2.75) is 51.5 Å². The van der Waals surface area contributed by atoms with Crippen LogP contribution in [-0.2, 0) is 13.9 Å². The molecule has 2 aromatic carbocycles. The summed E-state index contributed by atoms with van der Waals surface area (Å²) in [5, 5.41) is 12.4. The van der Waals surface area contributed by atoms with Gasteiger partial charge in [-0.25, -0.2) is 0 Å². The Labute approximate surface area is 199 Å². The molecular formula is C28H38O4Si. The van der Waals surface area contributed by atoms with E-state index in [1.165, 1.54) is 10.4 Å². The molecule has 1 saturated carbocycles. The molecule has 1 saturated heterocycles. The van der Waals surface area contributed by atoms with Gasteiger partial charge in [-0.2, -0.15) is 0 Å². The van der Waals surface area contributed by atoms with Crippen LogP contribution in [0.5, 0.6) is 0 Å². The molecule has 2 fully saturated rings. The Morgan fingerprint density at radius 2 is 1.52 bits per heavy atom. The summed E-state index contributed by atoms with van der Waals surface area (Å²) in [6, 6.07) is 21.5. The van der Waals surface area contributed by atoms with Gasteiger partial charge in [-0.05, 0) is 39.2 Å². The van der Waals surface area contributed by atoms with E-state index in [1.54, 1.807) is 0 Å². The van der Waals surface area contributed by atoms with Gasteiger partial charge in [0.25, 0.3) is 8.32 Å². The van der Waals surface area contributed by atoms with E-state index in [-0.39, 0.29) is 41.8 Å². The predicted molar refractivity (Wildman–Crippen MR) is 135 cm³/mol. The molecule has 1 aliphatic heterocycles. The number of rotatable bonds is 7. The first-order chi connectivity index (χ1) is 15.8. The SMILES string of the molecule is C=C(CO)[C@H]1C[C@H](O[Si](c2ccccc2)(c2ccccc2)C(C)(C)C)[C@H](C)[C@H]1C1OCCO1. The Hall–Kier alpha value is -1.76. The van der Waals surface area contributed by atoms with Crippen LogP contribution in [-0.4, -0.2) is 45.6 Å². The lowest BCUT2D eigenvalue weighted by atomic mass is 9.85. The number of hydrogen-bond acceptors (Lipinski definition) is 4. The lowest BCUT2D eigenvalue weighted by molar-refractivity contribution is -0.104. The highest BCUT2D eigenvalue weighted by atomic mass is 28.4. The summed E-state index contributed by atoms with van der Waals surface area (Å²) in [4.78, 5) is 0. The van der Waals surface area contributed by atoms with E-state index in [0.717, 1.165) is 12.0 Å². The van der Waals surface area contributed by atoms with E-state index in [0.29, 0.717) is 13.2 Å². The molecule has 4 nitrogen and oxygen atoms in total. The molecule has 0 aromatic heterocycles. The van der Waals surface area contributed by atoms with E-state index in [4.69, 9.17) is 13.9 Å². The Morgan fingerprint density at radius 1 is 1.00 bits per heavy atom. The minimum Gasteiger partial charge on any atom is -0.404 e. The van der Waals surface area contributed by atoms with Crippen molar-refractivity contribution in [2.75, 3.05) is 19.8 Å². The first-order valence-corrected chi connectivity index (χ1v) is 14.0. The summed E-state index contributed by atoms with van der Waals surface area (Å²) in [5.74, 6) is 0.440. The Kier molecular flexibility index (Phi) is 7.27. The maximum atomic E-state index is 9.93. The van der Waals surface area contributed by atoms with E-state index in [2.05, 4.69) is 94.9 Å². The predicted octanol–water partition coefficient (Wildman–Crippen LogP) is 4.13. The molecule has 4 atom stereocenters. The zero-order valence-electron chi connectivity index (χ0n) is 20.4. The molecule has 0 bridgehead atoms. The molecule has 4 rings (SSSR count). The van der Waals surface area contributed by atoms with Gasteiger partial charge in [0.15, 0.2) is 6.29 Å². The van der Waals surface area contributed by atoms with Gasteiger partial charge < -0.3 is 19.0 Å². The molecule has 1 aliphatic carbocycles. The van der Waals surface area contributed by atoms with Crippen LogP contribution in [0, 0.1) is 17.8 Å². The van der Waals surface area contributed by atoms with E-state index >= 15 is 0 Å². The van der Waals surface area contributed by atoms with Crippen LogP contribution in [0.15, 0.2) is 72.8 Å². The van der Waals surface area contributed by atoms with Crippen molar-refractivity contribution in [3.63, 3.8) is 0 Å². The van der Waals surface area contributed by atoms with Crippen LogP contribution < -0.4 is 10.4 Å². The molecule has 5 heteroatoms. The van der Waals surface area contributed by atoms with Crippen molar-refractivity contribution in [2.24, 2.45) is 17.8 Å². The zero-order chi connectivity index (χ0) is 23.6. The molecule has 0 unspecified atom stereocenters. The van der Waals surface area contributed by atoms with Crippen molar-refractivity contribution >= 4 is 18.7 Å². The largest absolute Gasteiger partial charge is 0.404 e. The van der Waals surface area contributed by atoms with Gasteiger partial charge >= 0.3 is 0 Å². The summed E-state index contributed by atoms with van der Waals surface area (Å²) in [6.45, 7) is 14.6. The van der Waals surface area contributed by atoms with Gasteiger partial charge in [-0.15, -0.1) is 0 Å². The lowest BCUT2D eigenvalue weighted by Crippen LogP contribution is -2.68. The van der Waals surface area contributed by atoms with Crippen molar-refractivity contribution in [3.05, 3.63) is 72.8 Å². The summed E-state index contributed by atoms with van der Waals surface area (Å²) in [5.41, 5.74) is 0.847. The van der Waals surface area contributed by atoms with E-state index in [1.807, 2.05) is 0 Å². The third-order valence-electron chi connectivity index (χ3n) is 7.58. The average molecular weight is 467 g/mol. The molecule has 178 valence electrons. The normalized spacial score (nSPS) is 26.6. The summed E-state index contributed by atoms with van der Waals surface area (Å²) < 4.78 is 19.4. The fourth-order valence-electron chi connectivity index (χ4n) is 5.90. The summed E-state index contributed by atoms with van der Waals surface area (Å²) in [7, 11) is -2.67. The summed E-state index contributed by atoms with van der Waals surface area (Å²) >= 11 is 0. The van der Waals surface area contributed by atoms with Gasteiger partial charge in [0, 0.05) is 12.0 Å². The Balaban J connectivity index is 1.78. The first kappa shape index (κ1) is 24.4. The second kappa shape index (κ2) is 9.85. The third-order valence-corrected chi connectivity index (χ3v) is 12.6. The Bertz CT molecular complexity index is 878. The number of aliphatic hydroxyl groups excluding tert-OH is 1. The van der Waals surface area contributed by atoms with Gasteiger partial charge in [-0.1, -0.05) is 94.9 Å². The molecule has 2 aliphatic rings. The average Bonchev–Trinajstić information content (AvgIpc) is 3.45. The van der Waals surface area contributed by atoms with Crippen LogP contribution in [0.1, 0.15) is 34.1 Å². The van der Waals surface area contributed by atoms with Crippen LogP contribution >= 0.6 is 0 Å². The van der Waals surface area contributed by atoms with Gasteiger partial charge in [0.2, 0.25) is 0 Å². The molecular weight excluding hydrogens is 428 g/mol. The molecule has 0 radical (unpaired) electrons. The van der Waals surface area contributed by atoms with Crippen LogP contribution in [0.2, 0.25) is 5.04 Å². The van der Waals surface area contributed by atoms with Crippen LogP contribution in [0.3, 0.4) is 0 Å². The standard InChI is InChI=1S/C28H38O4Si/c1-20(19-29)24-18-25(21(2)26(24)27-30-16-17-31-27)32-33(28(3,4)5,22-12-8-6-9-13-22)23-14-10-7-11-15-23/h6-15,21,24-27,29H,1,16-19H2,2-5H3/t21-,24+,25-,26+/m0/s1. The maximum absolute atomic E-state index is 9.93. The van der Waals surface area contributed by atoms with Crippen molar-refractivity contribution < 1.29 is 19.0 Å². The lowest BCUT2D eigenvalue weighted by Gasteiger charge is -2.45. The number of ether oxygens (including phenoxy) is 2. The highest BCUT2D eigenvalue weighted by molar-refractivity contribution is 6.99. The van der Waals surface area contributed by atoms with Gasteiger partial charge in [0.05, 0.1) is 19.8 Å². The molecule has 1 heterocycles. The third kappa shape index (κ3) is 4.49. The molecule has 1 N–H and O–H groups in total. The highest BCUT2D eigenvalue weighted by Crippen LogP contribution is 2.48. The topological polar surface area (TPSA) is 47.9 Å². The molecule has 0 spiro atoms. The van der Waals surface area contributed by atoms with Crippen molar-refractivity contribution in [3.8, 4) is 0 Å². The fourth-order valence-corrected chi connectivity index (χ4v) is 10.7. The molecule has 33 heavy (non-hydrogen) atoms. The number of aliphatic hydroxyl groups is 1. The minimum absolute atomic E-state index is 0.0161. The second-order valence-corrected chi connectivity index (χ2v) is 14.8. The smallest absolute Gasteiger partial charge is 0.261 e. The molecule has 0 amide bonds. The van der Waals surface area contributed by atoms with Crippen LogP contribution in [0.4, 0.5) is 0 Å². The van der Waals surface area contributed by atoms with Crippen LogP contribution in [0.25, 0.3) is 0 Å². The minimum atomic E-state index is -2.67. The quantitative estimate of drug-likeness (QED) is 0.493. The monoisotopic (exact) mass is 466 g/mol. The number of benzene rings is 2. The fraction of sp³-hybridized carbons (Fsp3) is 0.500. The van der Waals surface area contributed by atoms with Gasteiger partial charge in [-0.3, -0.25) is 0 Å². The van der Waals surface area contributed by atoms with Crippen molar-refractivity contribution in [1.82, 2.24) is 0 Å². The molecule has 2 aromatic rings. The summed E-state index contributed by atoms with van der Waals surface area (Å²) in [6.07, 6.45) is 0.572. The zero-order valence-corrected chi connectivity index (χ0v) is 21.4. The van der Waals surface area contributed by atoms with E-state index < -0.39 is 8.32 Å². The van der Waals surface area contributed by atoms with E-state index in [9.17, 15) is 5.11 Å². The second-order valence-electron chi connectivity index (χ2n) is 10.5. The Morgan fingerprint density at radius 3 is 1.97 bits per heavy atom. The first-order valence-electron chi connectivity index (χ1n) is 12.1. The number of hydrogen-bond donors (Lipinski definition) is 1. The van der Waals surface area contributed by atoms with Gasteiger partial charge in [0.1, 0.15) is 0 Å².